The zero-order valence-electron chi connectivity index (χ0n) is 8.66. The molecule has 0 bridgehead atoms. The van der Waals surface area contributed by atoms with Gasteiger partial charge in [0.15, 0.2) is 0 Å². The predicted octanol–water partition coefficient (Wildman–Crippen LogP) is 0.827. The molecule has 80 valence electrons. The molecule has 1 N–H and O–H groups in total. The molecule has 0 aromatic rings. The van der Waals surface area contributed by atoms with E-state index in [0.717, 1.165) is 39.1 Å². The molecule has 2 heterocycles. The Hall–Kier alpha value is -0.770. The number of carbonyl (C=O) groups is 1. The van der Waals surface area contributed by atoms with Crippen LogP contribution in [0, 0.1) is 5.92 Å². The van der Waals surface area contributed by atoms with Gasteiger partial charge >= 0.3 is 6.03 Å². The SMILES string of the molecule is CC1OCCC1CN1CCCNC1=O. The van der Waals surface area contributed by atoms with Gasteiger partial charge in [-0.2, -0.15) is 0 Å². The summed E-state index contributed by atoms with van der Waals surface area (Å²) in [5.74, 6) is 0.527. The topological polar surface area (TPSA) is 41.6 Å². The first-order valence-corrected chi connectivity index (χ1v) is 5.42. The van der Waals surface area contributed by atoms with Crippen LogP contribution in [0.4, 0.5) is 4.79 Å². The van der Waals surface area contributed by atoms with Gasteiger partial charge in [-0.1, -0.05) is 0 Å². The Kier molecular flexibility index (Phi) is 2.91. The number of hydrogen-bond donors (Lipinski definition) is 1. The number of hydrogen-bond acceptors (Lipinski definition) is 2. The molecular formula is C10H18N2O2. The maximum absolute atomic E-state index is 11.5. The van der Waals surface area contributed by atoms with Crippen LogP contribution in [0.3, 0.4) is 0 Å². The molecular weight excluding hydrogens is 180 g/mol. The molecule has 0 aromatic carbocycles. The van der Waals surface area contributed by atoms with E-state index in [1.165, 1.54) is 0 Å². The molecule has 0 aromatic heterocycles. The summed E-state index contributed by atoms with van der Waals surface area (Å²) in [5.41, 5.74) is 0. The zero-order valence-corrected chi connectivity index (χ0v) is 8.66. The van der Waals surface area contributed by atoms with E-state index in [2.05, 4.69) is 12.2 Å². The molecule has 2 aliphatic heterocycles. The van der Waals surface area contributed by atoms with Crippen molar-refractivity contribution in [1.29, 1.82) is 0 Å². The van der Waals surface area contributed by atoms with Gasteiger partial charge < -0.3 is 15.0 Å². The fourth-order valence-corrected chi connectivity index (χ4v) is 2.15. The quantitative estimate of drug-likeness (QED) is 0.714. The maximum Gasteiger partial charge on any atom is 0.317 e. The lowest BCUT2D eigenvalue weighted by atomic mass is 10.0. The second kappa shape index (κ2) is 4.17. The Balaban J connectivity index is 1.86. The van der Waals surface area contributed by atoms with Crippen LogP contribution in [0.1, 0.15) is 19.8 Å². The van der Waals surface area contributed by atoms with Crippen LogP contribution in [0.5, 0.6) is 0 Å². The molecule has 14 heavy (non-hydrogen) atoms. The Bertz CT molecular complexity index is 220. The molecule has 2 aliphatic rings. The van der Waals surface area contributed by atoms with E-state index in [0.29, 0.717) is 12.0 Å². The highest BCUT2D eigenvalue weighted by molar-refractivity contribution is 5.74. The lowest BCUT2D eigenvalue weighted by Gasteiger charge is -2.30. The first-order valence-electron chi connectivity index (χ1n) is 5.42. The van der Waals surface area contributed by atoms with Gasteiger partial charge in [0.25, 0.3) is 0 Å². The Morgan fingerprint density at radius 2 is 2.50 bits per heavy atom. The third-order valence-electron chi connectivity index (χ3n) is 3.16. The fourth-order valence-electron chi connectivity index (χ4n) is 2.15. The number of rotatable bonds is 2. The number of ether oxygens (including phenoxy) is 1. The molecule has 2 rings (SSSR count). The fraction of sp³-hybridized carbons (Fsp3) is 0.900. The number of amides is 2. The van der Waals surface area contributed by atoms with Crippen LogP contribution >= 0.6 is 0 Å². The van der Waals surface area contributed by atoms with Gasteiger partial charge in [-0.15, -0.1) is 0 Å². The van der Waals surface area contributed by atoms with Crippen molar-refractivity contribution >= 4 is 6.03 Å². The van der Waals surface area contributed by atoms with Crippen molar-refractivity contribution in [2.45, 2.75) is 25.9 Å². The molecule has 0 radical (unpaired) electrons. The smallest absolute Gasteiger partial charge is 0.317 e. The highest BCUT2D eigenvalue weighted by atomic mass is 16.5. The Morgan fingerprint density at radius 3 is 3.14 bits per heavy atom. The summed E-state index contributed by atoms with van der Waals surface area (Å²) in [6.07, 6.45) is 2.46. The summed E-state index contributed by atoms with van der Waals surface area (Å²) in [6.45, 7) is 5.52. The molecule has 2 saturated heterocycles. The lowest BCUT2D eigenvalue weighted by Crippen LogP contribution is -2.48. The normalized spacial score (nSPS) is 33.2. The maximum atomic E-state index is 11.5. The van der Waals surface area contributed by atoms with Crippen LogP contribution in [-0.2, 0) is 4.74 Å². The third kappa shape index (κ3) is 2.00. The van der Waals surface area contributed by atoms with E-state index in [4.69, 9.17) is 4.74 Å². The van der Waals surface area contributed by atoms with E-state index < -0.39 is 0 Å². The summed E-state index contributed by atoms with van der Waals surface area (Å²) in [7, 11) is 0. The predicted molar refractivity (Wildman–Crippen MR) is 53.1 cm³/mol. The van der Waals surface area contributed by atoms with Crippen molar-refractivity contribution in [2.75, 3.05) is 26.2 Å². The molecule has 0 aliphatic carbocycles. The number of urea groups is 1. The second-order valence-corrected chi connectivity index (χ2v) is 4.16. The molecule has 2 amide bonds. The highest BCUT2D eigenvalue weighted by Gasteiger charge is 2.28. The minimum atomic E-state index is 0.0929. The largest absolute Gasteiger partial charge is 0.378 e. The number of nitrogens with one attached hydrogen (secondary N) is 1. The van der Waals surface area contributed by atoms with Crippen molar-refractivity contribution < 1.29 is 9.53 Å². The van der Waals surface area contributed by atoms with E-state index in [9.17, 15) is 4.79 Å². The van der Waals surface area contributed by atoms with Crippen molar-refractivity contribution in [3.63, 3.8) is 0 Å². The van der Waals surface area contributed by atoms with Gasteiger partial charge in [-0.3, -0.25) is 0 Å². The highest BCUT2D eigenvalue weighted by Crippen LogP contribution is 2.21. The average Bonchev–Trinajstić information content (AvgIpc) is 2.56. The number of nitrogens with zero attached hydrogens (tertiary/aromatic N) is 1. The summed E-state index contributed by atoms with van der Waals surface area (Å²) >= 11 is 0. The molecule has 2 fully saturated rings. The molecule has 0 saturated carbocycles. The van der Waals surface area contributed by atoms with E-state index in [-0.39, 0.29) is 6.03 Å². The molecule has 0 spiro atoms. The van der Waals surface area contributed by atoms with Crippen LogP contribution in [0.15, 0.2) is 0 Å². The van der Waals surface area contributed by atoms with Crippen LogP contribution in [0.25, 0.3) is 0 Å². The Morgan fingerprint density at radius 1 is 1.64 bits per heavy atom. The molecule has 4 nitrogen and oxygen atoms in total. The molecule has 4 heteroatoms. The summed E-state index contributed by atoms with van der Waals surface area (Å²) in [4.78, 5) is 13.4. The van der Waals surface area contributed by atoms with E-state index in [1.54, 1.807) is 0 Å². The van der Waals surface area contributed by atoms with Gasteiger partial charge in [-0.25, -0.2) is 4.79 Å². The van der Waals surface area contributed by atoms with E-state index in [1.807, 2.05) is 4.90 Å². The van der Waals surface area contributed by atoms with Gasteiger partial charge in [-0.05, 0) is 19.8 Å². The van der Waals surface area contributed by atoms with Crippen molar-refractivity contribution in [3.8, 4) is 0 Å². The van der Waals surface area contributed by atoms with Crippen LogP contribution < -0.4 is 5.32 Å². The molecule has 2 unspecified atom stereocenters. The summed E-state index contributed by atoms with van der Waals surface area (Å²) in [6, 6.07) is 0.0929. The van der Waals surface area contributed by atoms with Crippen molar-refractivity contribution in [3.05, 3.63) is 0 Å². The zero-order chi connectivity index (χ0) is 9.97. The summed E-state index contributed by atoms with van der Waals surface area (Å²) < 4.78 is 5.48. The van der Waals surface area contributed by atoms with Gasteiger partial charge in [0, 0.05) is 32.2 Å². The second-order valence-electron chi connectivity index (χ2n) is 4.16. The minimum Gasteiger partial charge on any atom is -0.378 e. The minimum absolute atomic E-state index is 0.0929. The van der Waals surface area contributed by atoms with Gasteiger partial charge in [0.1, 0.15) is 0 Å². The van der Waals surface area contributed by atoms with Crippen LogP contribution in [0.2, 0.25) is 0 Å². The first-order chi connectivity index (χ1) is 6.77. The lowest BCUT2D eigenvalue weighted by molar-refractivity contribution is 0.0941. The standard InChI is InChI=1S/C10H18N2O2/c1-8-9(3-6-14-8)7-12-5-2-4-11-10(12)13/h8-9H,2-7H2,1H3,(H,11,13). The first kappa shape index (κ1) is 9.77. The van der Waals surface area contributed by atoms with Gasteiger partial charge in [0.05, 0.1) is 6.10 Å². The third-order valence-corrected chi connectivity index (χ3v) is 3.16. The Labute approximate surface area is 84.6 Å². The van der Waals surface area contributed by atoms with Crippen LogP contribution in [-0.4, -0.2) is 43.3 Å². The number of carbonyl (C=O) groups excluding carboxylic acids is 1. The van der Waals surface area contributed by atoms with E-state index >= 15 is 0 Å². The monoisotopic (exact) mass is 198 g/mol. The summed E-state index contributed by atoms with van der Waals surface area (Å²) in [5, 5.41) is 2.87. The van der Waals surface area contributed by atoms with Gasteiger partial charge in [0.2, 0.25) is 0 Å². The van der Waals surface area contributed by atoms with Crippen molar-refractivity contribution in [2.24, 2.45) is 5.92 Å². The van der Waals surface area contributed by atoms with Crippen molar-refractivity contribution in [1.82, 2.24) is 10.2 Å². The molecule has 2 atom stereocenters. The average molecular weight is 198 g/mol.